The Balaban J connectivity index is 1.44. The standard InChI is InChI=1S/C22H22F2N6O/c23-22(24)30-11-15(9-27-30)17-8-19(21(25)31)28-20-12-29(6-4-16(17)20)10-13-3-5-26-18(7-13)14-1-2-14/h3,5,7-9,11,14,22H,1-2,4,6,10,12H2,(H2,25,31). The Morgan fingerprint density at radius 2 is 2.13 bits per heavy atom. The summed E-state index contributed by atoms with van der Waals surface area (Å²) in [7, 11) is 0. The van der Waals surface area contributed by atoms with Gasteiger partial charge in [0.25, 0.3) is 5.91 Å². The molecule has 7 nitrogen and oxygen atoms in total. The molecule has 1 amide bonds. The molecular formula is C22H22F2N6O. The minimum absolute atomic E-state index is 0.125. The van der Waals surface area contributed by atoms with E-state index in [9.17, 15) is 13.6 Å². The average molecular weight is 424 g/mol. The summed E-state index contributed by atoms with van der Waals surface area (Å²) in [6, 6.07) is 5.78. The fourth-order valence-electron chi connectivity index (χ4n) is 4.15. The zero-order valence-electron chi connectivity index (χ0n) is 16.8. The number of hydrogen-bond donors (Lipinski definition) is 1. The normalized spacial score (nSPS) is 16.5. The topological polar surface area (TPSA) is 89.9 Å². The molecule has 160 valence electrons. The molecule has 0 bridgehead atoms. The third kappa shape index (κ3) is 4.05. The quantitative estimate of drug-likeness (QED) is 0.656. The summed E-state index contributed by atoms with van der Waals surface area (Å²) in [6.45, 7) is -0.628. The van der Waals surface area contributed by atoms with Crippen molar-refractivity contribution in [3.05, 3.63) is 65.0 Å². The highest BCUT2D eigenvalue weighted by Crippen LogP contribution is 2.39. The van der Waals surface area contributed by atoms with Gasteiger partial charge < -0.3 is 5.73 Å². The van der Waals surface area contributed by atoms with E-state index in [1.807, 2.05) is 12.3 Å². The number of primary amides is 1. The summed E-state index contributed by atoms with van der Waals surface area (Å²) in [5.41, 5.74) is 10.9. The number of carbonyl (C=O) groups is 1. The number of hydrogen-bond acceptors (Lipinski definition) is 5. The number of alkyl halides is 2. The molecule has 9 heteroatoms. The molecule has 3 aromatic rings. The van der Waals surface area contributed by atoms with Gasteiger partial charge in [-0.2, -0.15) is 13.9 Å². The first-order valence-electron chi connectivity index (χ1n) is 10.3. The number of pyridine rings is 2. The van der Waals surface area contributed by atoms with Crippen LogP contribution in [0.5, 0.6) is 0 Å². The van der Waals surface area contributed by atoms with Gasteiger partial charge in [-0.15, -0.1) is 0 Å². The maximum absolute atomic E-state index is 13.0. The summed E-state index contributed by atoms with van der Waals surface area (Å²) >= 11 is 0. The summed E-state index contributed by atoms with van der Waals surface area (Å²) in [5, 5.41) is 3.73. The van der Waals surface area contributed by atoms with E-state index in [0.29, 0.717) is 34.7 Å². The van der Waals surface area contributed by atoms with Crippen LogP contribution in [0.1, 0.15) is 58.3 Å². The van der Waals surface area contributed by atoms with Crippen molar-refractivity contribution in [3.63, 3.8) is 0 Å². The van der Waals surface area contributed by atoms with E-state index in [1.165, 1.54) is 30.8 Å². The average Bonchev–Trinajstić information content (AvgIpc) is 3.49. The fraction of sp³-hybridized carbons (Fsp3) is 0.364. The molecule has 2 aliphatic rings. The maximum Gasteiger partial charge on any atom is 0.333 e. The highest BCUT2D eigenvalue weighted by molar-refractivity contribution is 5.92. The zero-order valence-corrected chi connectivity index (χ0v) is 16.8. The van der Waals surface area contributed by atoms with Gasteiger partial charge in [0, 0.05) is 49.2 Å². The minimum atomic E-state index is -2.72. The summed E-state index contributed by atoms with van der Waals surface area (Å²) in [4.78, 5) is 23.1. The number of halogens is 2. The molecule has 1 fully saturated rings. The maximum atomic E-state index is 13.0. The molecule has 0 saturated heterocycles. The van der Waals surface area contributed by atoms with Crippen LogP contribution in [0.3, 0.4) is 0 Å². The lowest BCUT2D eigenvalue weighted by Crippen LogP contribution is -2.32. The van der Waals surface area contributed by atoms with Gasteiger partial charge in [-0.3, -0.25) is 14.7 Å². The van der Waals surface area contributed by atoms with Crippen LogP contribution in [0, 0.1) is 0 Å². The zero-order chi connectivity index (χ0) is 21.5. The lowest BCUT2D eigenvalue weighted by molar-refractivity contribution is 0.0566. The van der Waals surface area contributed by atoms with Crippen molar-refractivity contribution in [1.29, 1.82) is 0 Å². The summed E-state index contributed by atoms with van der Waals surface area (Å²) < 4.78 is 26.6. The number of nitrogens with two attached hydrogens (primary N) is 1. The van der Waals surface area contributed by atoms with Crippen LogP contribution in [0.2, 0.25) is 0 Å². The number of aromatic nitrogens is 4. The molecule has 4 heterocycles. The van der Waals surface area contributed by atoms with Crippen molar-refractivity contribution < 1.29 is 13.6 Å². The Morgan fingerprint density at radius 1 is 1.29 bits per heavy atom. The lowest BCUT2D eigenvalue weighted by atomic mass is 9.94. The molecule has 2 N–H and O–H groups in total. The third-order valence-electron chi connectivity index (χ3n) is 5.87. The second-order valence-corrected chi connectivity index (χ2v) is 8.16. The first kappa shape index (κ1) is 19.7. The molecule has 1 aliphatic heterocycles. The lowest BCUT2D eigenvalue weighted by Gasteiger charge is -2.29. The van der Waals surface area contributed by atoms with E-state index in [0.717, 1.165) is 30.0 Å². The Hall–Kier alpha value is -3.20. The molecule has 0 unspecified atom stereocenters. The molecule has 0 aromatic carbocycles. The first-order valence-corrected chi connectivity index (χ1v) is 10.3. The molecule has 31 heavy (non-hydrogen) atoms. The minimum Gasteiger partial charge on any atom is -0.364 e. The predicted octanol–water partition coefficient (Wildman–Crippen LogP) is 3.27. The first-order chi connectivity index (χ1) is 15.0. The Kier molecular flexibility index (Phi) is 4.97. The van der Waals surface area contributed by atoms with Crippen LogP contribution in [-0.2, 0) is 19.5 Å². The smallest absolute Gasteiger partial charge is 0.333 e. The summed E-state index contributed by atoms with van der Waals surface area (Å²) in [5.74, 6) is -0.0517. The van der Waals surface area contributed by atoms with E-state index in [-0.39, 0.29) is 5.69 Å². The van der Waals surface area contributed by atoms with Crippen molar-refractivity contribution in [2.24, 2.45) is 5.73 Å². The van der Waals surface area contributed by atoms with Gasteiger partial charge in [0.1, 0.15) is 5.69 Å². The molecular weight excluding hydrogens is 402 g/mol. The van der Waals surface area contributed by atoms with E-state index in [2.05, 4.69) is 26.0 Å². The molecule has 5 rings (SSSR count). The van der Waals surface area contributed by atoms with E-state index >= 15 is 0 Å². The number of nitrogens with zero attached hydrogens (tertiary/aromatic N) is 5. The fourth-order valence-corrected chi connectivity index (χ4v) is 4.15. The van der Waals surface area contributed by atoms with Gasteiger partial charge in [0.15, 0.2) is 0 Å². The van der Waals surface area contributed by atoms with Crippen LogP contribution in [0.15, 0.2) is 36.8 Å². The number of carbonyl (C=O) groups excluding carboxylic acids is 1. The monoisotopic (exact) mass is 424 g/mol. The van der Waals surface area contributed by atoms with Crippen molar-refractivity contribution in [2.45, 2.75) is 44.8 Å². The van der Waals surface area contributed by atoms with Crippen molar-refractivity contribution in [2.75, 3.05) is 6.54 Å². The van der Waals surface area contributed by atoms with Crippen molar-refractivity contribution in [1.82, 2.24) is 24.6 Å². The van der Waals surface area contributed by atoms with Crippen LogP contribution >= 0.6 is 0 Å². The van der Waals surface area contributed by atoms with E-state index < -0.39 is 12.5 Å². The van der Waals surface area contributed by atoms with Gasteiger partial charge in [0.2, 0.25) is 0 Å². The molecule has 1 aliphatic carbocycles. The number of rotatable bonds is 6. The number of amides is 1. The highest BCUT2D eigenvalue weighted by Gasteiger charge is 2.26. The van der Waals surface area contributed by atoms with Crippen LogP contribution in [-0.4, -0.2) is 37.1 Å². The highest BCUT2D eigenvalue weighted by atomic mass is 19.3. The van der Waals surface area contributed by atoms with Gasteiger partial charge >= 0.3 is 6.55 Å². The molecule has 0 atom stereocenters. The van der Waals surface area contributed by atoms with Crippen LogP contribution in [0.4, 0.5) is 8.78 Å². The number of fused-ring (bicyclic) bond motifs is 1. The summed E-state index contributed by atoms with van der Waals surface area (Å²) in [6.07, 6.45) is 7.64. The van der Waals surface area contributed by atoms with E-state index in [1.54, 1.807) is 6.07 Å². The Bertz CT molecular complexity index is 1140. The van der Waals surface area contributed by atoms with Crippen molar-refractivity contribution >= 4 is 5.91 Å². The predicted molar refractivity (Wildman–Crippen MR) is 109 cm³/mol. The van der Waals surface area contributed by atoms with Crippen molar-refractivity contribution in [3.8, 4) is 11.1 Å². The third-order valence-corrected chi connectivity index (χ3v) is 5.87. The molecule has 0 radical (unpaired) electrons. The largest absolute Gasteiger partial charge is 0.364 e. The second-order valence-electron chi connectivity index (χ2n) is 8.16. The van der Waals surface area contributed by atoms with Gasteiger partial charge in [-0.1, -0.05) is 0 Å². The van der Waals surface area contributed by atoms with E-state index in [4.69, 9.17) is 5.73 Å². The van der Waals surface area contributed by atoms with Gasteiger partial charge in [0.05, 0.1) is 11.9 Å². The molecule has 0 spiro atoms. The Morgan fingerprint density at radius 3 is 2.84 bits per heavy atom. The van der Waals surface area contributed by atoms with Crippen LogP contribution in [0.25, 0.3) is 11.1 Å². The van der Waals surface area contributed by atoms with Gasteiger partial charge in [-0.25, -0.2) is 9.67 Å². The molecule has 1 saturated carbocycles. The Labute approximate surface area is 177 Å². The second kappa shape index (κ2) is 7.81. The van der Waals surface area contributed by atoms with Gasteiger partial charge in [-0.05, 0) is 54.2 Å². The SMILES string of the molecule is NC(=O)c1cc(-c2cnn(C(F)F)c2)c2c(n1)CN(Cc1ccnc(C3CC3)c1)CC2. The van der Waals surface area contributed by atoms with Crippen LogP contribution < -0.4 is 5.73 Å². The molecule has 3 aromatic heterocycles.